The zero-order valence-corrected chi connectivity index (χ0v) is 15.1. The van der Waals surface area contributed by atoms with E-state index in [0.717, 1.165) is 48.4 Å². The molecule has 0 aliphatic heterocycles. The number of rotatable bonds is 5. The van der Waals surface area contributed by atoms with E-state index in [0.29, 0.717) is 19.1 Å². The van der Waals surface area contributed by atoms with Gasteiger partial charge in [0, 0.05) is 37.0 Å². The van der Waals surface area contributed by atoms with E-state index in [1.165, 1.54) is 0 Å². The molecule has 0 radical (unpaired) electrons. The first kappa shape index (κ1) is 17.6. The Balaban J connectivity index is 1.47. The van der Waals surface area contributed by atoms with Gasteiger partial charge in [0.05, 0.1) is 5.92 Å². The molecule has 2 atom stereocenters. The van der Waals surface area contributed by atoms with Gasteiger partial charge in [-0.3, -0.25) is 14.8 Å². The molecule has 2 unspecified atom stereocenters. The summed E-state index contributed by atoms with van der Waals surface area (Å²) in [4.78, 5) is 25.7. The number of nitrogens with zero attached hydrogens (tertiary/aromatic N) is 3. The number of anilines is 1. The van der Waals surface area contributed by atoms with Crippen LogP contribution in [0.25, 0.3) is 6.08 Å². The Bertz CT molecular complexity index is 872. The van der Waals surface area contributed by atoms with E-state index in [2.05, 4.69) is 26.4 Å². The van der Waals surface area contributed by atoms with Crippen LogP contribution in [0, 0.1) is 5.92 Å². The van der Waals surface area contributed by atoms with E-state index in [-0.39, 0.29) is 5.78 Å². The van der Waals surface area contributed by atoms with Gasteiger partial charge in [0.15, 0.2) is 0 Å². The molecule has 2 heterocycles. The lowest BCUT2D eigenvalue weighted by Crippen LogP contribution is -2.38. The standard InChI is InChI=1S/C20H23N5O2/c21-19(13-5-4-10-22-11-13)18-15(7-3-8-16(18)26)23-12-24-20-25-14-6-1-2-9-17(14)27-20/h1,4-6,10-11,18-19H,2-3,7-9,12,21H2,(H,24,25). The van der Waals surface area contributed by atoms with Crippen LogP contribution in [0.3, 0.4) is 0 Å². The third-order valence-corrected chi connectivity index (χ3v) is 5.04. The normalized spacial score (nSPS) is 21.9. The van der Waals surface area contributed by atoms with Gasteiger partial charge < -0.3 is 15.5 Å². The van der Waals surface area contributed by atoms with E-state index in [4.69, 9.17) is 10.2 Å². The van der Waals surface area contributed by atoms with Gasteiger partial charge in [0.1, 0.15) is 23.9 Å². The Labute approximate surface area is 157 Å². The highest BCUT2D eigenvalue weighted by Gasteiger charge is 2.34. The van der Waals surface area contributed by atoms with Crippen molar-refractivity contribution in [2.75, 3.05) is 12.0 Å². The lowest BCUT2D eigenvalue weighted by atomic mass is 9.79. The summed E-state index contributed by atoms with van der Waals surface area (Å²) < 4.78 is 5.72. The molecule has 2 aliphatic carbocycles. The molecular weight excluding hydrogens is 342 g/mol. The number of hydrogen-bond donors (Lipinski definition) is 2. The number of nitrogens with two attached hydrogens (primary N) is 1. The summed E-state index contributed by atoms with van der Waals surface area (Å²) in [6, 6.07) is 3.77. The molecule has 140 valence electrons. The highest BCUT2D eigenvalue weighted by atomic mass is 16.4. The zero-order valence-electron chi connectivity index (χ0n) is 15.1. The first-order chi connectivity index (χ1) is 13.2. The monoisotopic (exact) mass is 365 g/mol. The van der Waals surface area contributed by atoms with Crippen LogP contribution in [0.1, 0.15) is 48.7 Å². The SMILES string of the molecule is NC(c1cccnc1)C1C(=O)CCCC1=NCNc1nc2c(o1)CCC=C2. The third kappa shape index (κ3) is 3.83. The molecule has 7 nitrogen and oxygen atoms in total. The molecule has 3 N–H and O–H groups in total. The van der Waals surface area contributed by atoms with Crippen molar-refractivity contribution in [3.8, 4) is 0 Å². The first-order valence-electron chi connectivity index (χ1n) is 9.34. The number of aryl methyl sites for hydroxylation is 1. The highest BCUT2D eigenvalue weighted by Crippen LogP contribution is 2.29. The first-order valence-corrected chi connectivity index (χ1v) is 9.34. The number of carbonyl (C=O) groups is 1. The molecule has 1 fully saturated rings. The number of carbonyl (C=O) groups excluding carboxylic acids is 1. The lowest BCUT2D eigenvalue weighted by molar-refractivity contribution is -0.122. The summed E-state index contributed by atoms with van der Waals surface area (Å²) in [7, 11) is 0. The molecular formula is C20H23N5O2. The Hall–Kier alpha value is -2.80. The van der Waals surface area contributed by atoms with Gasteiger partial charge in [-0.25, -0.2) is 0 Å². The summed E-state index contributed by atoms with van der Waals surface area (Å²) in [5.74, 6) is 0.649. The van der Waals surface area contributed by atoms with E-state index in [1.807, 2.05) is 18.2 Å². The molecule has 0 amide bonds. The van der Waals surface area contributed by atoms with E-state index < -0.39 is 12.0 Å². The van der Waals surface area contributed by atoms with Crippen molar-refractivity contribution >= 4 is 23.6 Å². The molecule has 2 aromatic heterocycles. The largest absolute Gasteiger partial charge is 0.428 e. The van der Waals surface area contributed by atoms with Crippen LogP contribution in [0.5, 0.6) is 0 Å². The van der Waals surface area contributed by atoms with Crippen LogP contribution in [0.4, 0.5) is 6.01 Å². The van der Waals surface area contributed by atoms with Crippen molar-refractivity contribution in [2.45, 2.75) is 38.1 Å². The van der Waals surface area contributed by atoms with Gasteiger partial charge in [-0.2, -0.15) is 4.98 Å². The number of Topliss-reactive ketones (excluding diaryl/α,β-unsaturated/α-hetero) is 1. The minimum absolute atomic E-state index is 0.146. The number of fused-ring (bicyclic) bond motifs is 1. The van der Waals surface area contributed by atoms with E-state index in [9.17, 15) is 4.79 Å². The van der Waals surface area contributed by atoms with Gasteiger partial charge in [0.25, 0.3) is 6.01 Å². The predicted molar refractivity (Wildman–Crippen MR) is 103 cm³/mol. The maximum atomic E-state index is 12.5. The molecule has 4 rings (SSSR count). The third-order valence-electron chi connectivity index (χ3n) is 5.04. The van der Waals surface area contributed by atoms with Gasteiger partial charge in [-0.1, -0.05) is 12.1 Å². The smallest absolute Gasteiger partial charge is 0.296 e. The van der Waals surface area contributed by atoms with Crippen LogP contribution in [-0.2, 0) is 11.2 Å². The number of ketones is 1. The van der Waals surface area contributed by atoms with Crippen LogP contribution >= 0.6 is 0 Å². The van der Waals surface area contributed by atoms with Crippen LogP contribution < -0.4 is 11.1 Å². The number of oxazole rings is 1. The zero-order chi connectivity index (χ0) is 18.6. The number of nitrogens with one attached hydrogen (secondary N) is 1. The van der Waals surface area contributed by atoms with Gasteiger partial charge in [0.2, 0.25) is 0 Å². The topological polar surface area (TPSA) is 106 Å². The average Bonchev–Trinajstić information content (AvgIpc) is 3.11. The Morgan fingerprint density at radius 3 is 3.11 bits per heavy atom. The number of allylic oxidation sites excluding steroid dienone is 1. The lowest BCUT2D eigenvalue weighted by Gasteiger charge is -2.28. The van der Waals surface area contributed by atoms with Gasteiger partial charge in [-0.15, -0.1) is 0 Å². The second kappa shape index (κ2) is 7.84. The summed E-state index contributed by atoms with van der Waals surface area (Å²) in [6.45, 7) is 0.308. The molecule has 0 spiro atoms. The molecule has 0 saturated heterocycles. The number of hydrogen-bond acceptors (Lipinski definition) is 7. The van der Waals surface area contributed by atoms with Gasteiger partial charge >= 0.3 is 0 Å². The molecule has 1 saturated carbocycles. The van der Waals surface area contributed by atoms with Crippen molar-refractivity contribution in [2.24, 2.45) is 16.6 Å². The van der Waals surface area contributed by atoms with Crippen LogP contribution in [-0.4, -0.2) is 28.1 Å². The van der Waals surface area contributed by atoms with Crippen molar-refractivity contribution < 1.29 is 9.21 Å². The summed E-state index contributed by atoms with van der Waals surface area (Å²) in [5, 5.41) is 3.10. The fourth-order valence-corrected chi connectivity index (χ4v) is 3.66. The van der Waals surface area contributed by atoms with E-state index in [1.54, 1.807) is 12.4 Å². The molecule has 7 heteroatoms. The predicted octanol–water partition coefficient (Wildman–Crippen LogP) is 2.91. The fourth-order valence-electron chi connectivity index (χ4n) is 3.66. The highest BCUT2D eigenvalue weighted by molar-refractivity contribution is 6.07. The molecule has 27 heavy (non-hydrogen) atoms. The van der Waals surface area contributed by atoms with Crippen molar-refractivity contribution in [3.63, 3.8) is 0 Å². The maximum absolute atomic E-state index is 12.5. The van der Waals surface area contributed by atoms with Crippen molar-refractivity contribution in [1.82, 2.24) is 9.97 Å². The Kier molecular flexibility index (Phi) is 5.11. The average molecular weight is 365 g/mol. The molecule has 0 bridgehead atoms. The fraction of sp³-hybridized carbons (Fsp3) is 0.400. The van der Waals surface area contributed by atoms with Gasteiger partial charge in [-0.05, 0) is 37.0 Å². The second-order valence-electron chi connectivity index (χ2n) is 6.86. The minimum Gasteiger partial charge on any atom is -0.428 e. The number of aliphatic imine (C=N–C) groups is 1. The van der Waals surface area contributed by atoms with Crippen molar-refractivity contribution in [3.05, 3.63) is 47.6 Å². The second-order valence-corrected chi connectivity index (χ2v) is 6.86. The van der Waals surface area contributed by atoms with Crippen LogP contribution in [0.15, 0.2) is 40.0 Å². The molecule has 0 aromatic carbocycles. The molecule has 2 aliphatic rings. The minimum atomic E-state index is -0.426. The summed E-state index contributed by atoms with van der Waals surface area (Å²) >= 11 is 0. The quantitative estimate of drug-likeness (QED) is 0.844. The Morgan fingerprint density at radius 1 is 1.37 bits per heavy atom. The number of pyridine rings is 1. The molecule has 2 aromatic rings. The van der Waals surface area contributed by atoms with Crippen molar-refractivity contribution in [1.29, 1.82) is 0 Å². The van der Waals surface area contributed by atoms with E-state index >= 15 is 0 Å². The number of aromatic nitrogens is 2. The van der Waals surface area contributed by atoms with Crippen LogP contribution in [0.2, 0.25) is 0 Å². The maximum Gasteiger partial charge on any atom is 0.296 e. The summed E-state index contributed by atoms with van der Waals surface area (Å²) in [5.41, 5.74) is 8.97. The summed E-state index contributed by atoms with van der Waals surface area (Å²) in [6.07, 6.45) is 11.4. The Morgan fingerprint density at radius 2 is 2.30 bits per heavy atom.